The van der Waals surface area contributed by atoms with E-state index in [1.54, 1.807) is 17.5 Å². The van der Waals surface area contributed by atoms with E-state index in [4.69, 9.17) is 0 Å². The van der Waals surface area contributed by atoms with Gasteiger partial charge in [-0.2, -0.15) is 0 Å². The van der Waals surface area contributed by atoms with Gasteiger partial charge in [0.2, 0.25) is 5.91 Å². The van der Waals surface area contributed by atoms with Crippen LogP contribution < -0.4 is 5.32 Å². The average molecular weight is 343 g/mol. The molecule has 1 unspecified atom stereocenters. The topological polar surface area (TPSA) is 45.2 Å². The van der Waals surface area contributed by atoms with Crippen LogP contribution in [0.15, 0.2) is 42.0 Å². The minimum Gasteiger partial charge on any atom is -0.352 e. The van der Waals surface area contributed by atoms with Gasteiger partial charge in [-0.15, -0.1) is 11.3 Å². The number of aromatic nitrogens is 1. The number of likely N-dealkylation sites (tertiary alicyclic amines) is 1. The van der Waals surface area contributed by atoms with Gasteiger partial charge < -0.3 is 5.32 Å². The Hall–Kier alpha value is -1.72. The molecule has 2 aromatic heterocycles. The monoisotopic (exact) mass is 343 g/mol. The molecule has 4 nitrogen and oxygen atoms in total. The van der Waals surface area contributed by atoms with Crippen molar-refractivity contribution in [1.29, 1.82) is 0 Å². The predicted molar refractivity (Wildman–Crippen MR) is 97.9 cm³/mol. The first kappa shape index (κ1) is 17.1. The predicted octanol–water partition coefficient (Wildman–Crippen LogP) is 3.25. The number of hydrogen-bond acceptors (Lipinski definition) is 4. The molecule has 1 fully saturated rings. The highest BCUT2D eigenvalue weighted by atomic mass is 32.1. The summed E-state index contributed by atoms with van der Waals surface area (Å²) in [5, 5.41) is 5.31. The summed E-state index contributed by atoms with van der Waals surface area (Å²) in [6.45, 7) is 2.95. The number of piperidine rings is 1. The van der Waals surface area contributed by atoms with Gasteiger partial charge in [0, 0.05) is 42.8 Å². The van der Waals surface area contributed by atoms with Crippen LogP contribution in [0.5, 0.6) is 0 Å². The summed E-state index contributed by atoms with van der Waals surface area (Å²) in [5.41, 5.74) is 1.24. The molecular formula is C19H25N3OS. The normalized spacial score (nSPS) is 18.4. The second-order valence-electron chi connectivity index (χ2n) is 6.44. The van der Waals surface area contributed by atoms with Gasteiger partial charge in [-0.25, -0.2) is 0 Å². The molecule has 3 rings (SSSR count). The lowest BCUT2D eigenvalue weighted by Crippen LogP contribution is -2.47. The van der Waals surface area contributed by atoms with E-state index in [0.717, 1.165) is 45.3 Å². The van der Waals surface area contributed by atoms with Crippen LogP contribution in [0.25, 0.3) is 0 Å². The Morgan fingerprint density at radius 1 is 1.38 bits per heavy atom. The van der Waals surface area contributed by atoms with Crippen molar-refractivity contribution in [2.24, 2.45) is 0 Å². The lowest BCUT2D eigenvalue weighted by Gasteiger charge is -2.33. The molecule has 0 radical (unpaired) electrons. The van der Waals surface area contributed by atoms with Gasteiger partial charge in [0.15, 0.2) is 0 Å². The Balaban J connectivity index is 1.39. The van der Waals surface area contributed by atoms with Crippen LogP contribution in [0.1, 0.15) is 36.1 Å². The maximum atomic E-state index is 12.2. The van der Waals surface area contributed by atoms with E-state index in [2.05, 4.69) is 38.8 Å². The van der Waals surface area contributed by atoms with E-state index in [9.17, 15) is 4.79 Å². The van der Waals surface area contributed by atoms with Crippen molar-refractivity contribution in [3.05, 3.63) is 52.5 Å². The maximum Gasteiger partial charge on any atom is 0.220 e. The van der Waals surface area contributed by atoms with Crippen molar-refractivity contribution in [3.8, 4) is 0 Å². The molecule has 1 aliphatic heterocycles. The molecule has 1 N–H and O–H groups in total. The number of amides is 1. The van der Waals surface area contributed by atoms with Crippen LogP contribution in [0.4, 0.5) is 0 Å². The summed E-state index contributed by atoms with van der Waals surface area (Å²) in [5.74, 6) is 0.194. The summed E-state index contributed by atoms with van der Waals surface area (Å²) in [4.78, 5) is 20.1. The van der Waals surface area contributed by atoms with Crippen molar-refractivity contribution in [2.45, 2.75) is 44.7 Å². The molecule has 24 heavy (non-hydrogen) atoms. The molecule has 2 aromatic rings. The molecule has 1 saturated heterocycles. The SMILES string of the molecule is O=C(CCCc1cccs1)NC1CCCN(Cc2cccnc2)C1. The van der Waals surface area contributed by atoms with Crippen LogP contribution >= 0.6 is 11.3 Å². The second-order valence-corrected chi connectivity index (χ2v) is 7.47. The zero-order valence-electron chi connectivity index (χ0n) is 14.0. The molecule has 0 saturated carbocycles. The molecule has 0 aromatic carbocycles. The fourth-order valence-corrected chi connectivity index (χ4v) is 4.00. The van der Waals surface area contributed by atoms with Gasteiger partial charge >= 0.3 is 0 Å². The highest BCUT2D eigenvalue weighted by Gasteiger charge is 2.21. The Morgan fingerprint density at radius 3 is 3.12 bits per heavy atom. The molecule has 1 amide bonds. The van der Waals surface area contributed by atoms with Gasteiger partial charge in [0.05, 0.1) is 0 Å². The number of carbonyl (C=O) groups is 1. The quantitative estimate of drug-likeness (QED) is 0.839. The van der Waals surface area contributed by atoms with Crippen LogP contribution in [-0.2, 0) is 17.8 Å². The number of hydrogen-bond donors (Lipinski definition) is 1. The van der Waals surface area contributed by atoms with E-state index >= 15 is 0 Å². The van der Waals surface area contributed by atoms with Crippen LogP contribution in [0.3, 0.4) is 0 Å². The lowest BCUT2D eigenvalue weighted by molar-refractivity contribution is -0.122. The number of nitrogens with one attached hydrogen (secondary N) is 1. The smallest absolute Gasteiger partial charge is 0.220 e. The van der Waals surface area contributed by atoms with Crippen LogP contribution in [-0.4, -0.2) is 34.9 Å². The maximum absolute atomic E-state index is 12.2. The summed E-state index contributed by atoms with van der Waals surface area (Å²) < 4.78 is 0. The molecule has 3 heterocycles. The molecule has 0 aliphatic carbocycles. The first-order chi connectivity index (χ1) is 11.8. The van der Waals surface area contributed by atoms with Crippen LogP contribution in [0, 0.1) is 0 Å². The van der Waals surface area contributed by atoms with Gasteiger partial charge in [0.25, 0.3) is 0 Å². The molecule has 128 valence electrons. The number of rotatable bonds is 7. The van der Waals surface area contributed by atoms with Gasteiger partial charge in [0.1, 0.15) is 0 Å². The summed E-state index contributed by atoms with van der Waals surface area (Å²) >= 11 is 1.77. The molecule has 5 heteroatoms. The number of carbonyl (C=O) groups excluding carboxylic acids is 1. The average Bonchev–Trinajstić information content (AvgIpc) is 3.09. The zero-order valence-corrected chi connectivity index (χ0v) is 14.8. The van der Waals surface area contributed by atoms with Gasteiger partial charge in [-0.3, -0.25) is 14.7 Å². The first-order valence-electron chi connectivity index (χ1n) is 8.72. The number of pyridine rings is 1. The number of nitrogens with zero attached hydrogens (tertiary/aromatic N) is 2. The van der Waals surface area contributed by atoms with E-state index in [-0.39, 0.29) is 11.9 Å². The van der Waals surface area contributed by atoms with Crippen molar-refractivity contribution in [3.63, 3.8) is 0 Å². The third kappa shape index (κ3) is 5.42. The van der Waals surface area contributed by atoms with E-state index in [0.29, 0.717) is 6.42 Å². The van der Waals surface area contributed by atoms with Crippen molar-refractivity contribution < 1.29 is 4.79 Å². The molecule has 0 bridgehead atoms. The van der Waals surface area contributed by atoms with E-state index in [1.807, 2.05) is 12.3 Å². The summed E-state index contributed by atoms with van der Waals surface area (Å²) in [6, 6.07) is 8.58. The Bertz CT molecular complexity index is 615. The minimum absolute atomic E-state index is 0.194. The first-order valence-corrected chi connectivity index (χ1v) is 9.60. The fraction of sp³-hybridized carbons (Fsp3) is 0.474. The highest BCUT2D eigenvalue weighted by molar-refractivity contribution is 7.09. The molecule has 0 spiro atoms. The third-order valence-electron chi connectivity index (χ3n) is 4.41. The molecule has 1 atom stereocenters. The van der Waals surface area contributed by atoms with Gasteiger partial charge in [-0.05, 0) is 55.3 Å². The summed E-state index contributed by atoms with van der Waals surface area (Å²) in [6.07, 6.45) is 8.50. The standard InChI is InChI=1S/C19H25N3OS/c23-19(9-1-7-18-8-4-12-24-18)21-17-6-3-11-22(15-17)14-16-5-2-10-20-13-16/h2,4-5,8,10,12-13,17H,1,3,6-7,9,11,14-15H2,(H,21,23). The minimum atomic E-state index is 0.194. The van der Waals surface area contributed by atoms with Crippen molar-refractivity contribution in [2.75, 3.05) is 13.1 Å². The molecular weight excluding hydrogens is 318 g/mol. The Morgan fingerprint density at radius 2 is 2.33 bits per heavy atom. The summed E-state index contributed by atoms with van der Waals surface area (Å²) in [7, 11) is 0. The third-order valence-corrected chi connectivity index (χ3v) is 5.34. The van der Waals surface area contributed by atoms with Crippen molar-refractivity contribution in [1.82, 2.24) is 15.2 Å². The zero-order chi connectivity index (χ0) is 16.6. The molecule has 1 aliphatic rings. The largest absolute Gasteiger partial charge is 0.352 e. The van der Waals surface area contributed by atoms with Crippen molar-refractivity contribution >= 4 is 17.2 Å². The lowest BCUT2D eigenvalue weighted by atomic mass is 10.0. The Labute approximate surface area is 147 Å². The fourth-order valence-electron chi connectivity index (χ4n) is 3.24. The second kappa shape index (κ2) is 8.94. The highest BCUT2D eigenvalue weighted by Crippen LogP contribution is 2.15. The van der Waals surface area contributed by atoms with E-state index < -0.39 is 0 Å². The number of aryl methyl sites for hydroxylation is 1. The number of thiophene rings is 1. The Kier molecular flexibility index (Phi) is 6.38. The van der Waals surface area contributed by atoms with E-state index in [1.165, 1.54) is 10.4 Å². The van der Waals surface area contributed by atoms with Crippen LogP contribution in [0.2, 0.25) is 0 Å². The van der Waals surface area contributed by atoms with Gasteiger partial charge in [-0.1, -0.05) is 12.1 Å².